The largest absolute Gasteiger partial charge is 0.326 e. The minimum atomic E-state index is -0.568. The average molecular weight is 229 g/mol. The maximum absolute atomic E-state index is 13.6. The van der Waals surface area contributed by atoms with Crippen molar-refractivity contribution in [3.05, 3.63) is 29.0 Å². The standard InChI is InChI=1S/C10H10ClFN2O/c11-7-2-1-3-8(10(7)12)14-5-6(13)4-9(14)15/h1-3,6H,4-5,13H2. The Hall–Kier alpha value is -1.13. The summed E-state index contributed by atoms with van der Waals surface area (Å²) < 4.78 is 13.6. The fraction of sp³-hybridized carbons (Fsp3) is 0.300. The van der Waals surface area contributed by atoms with E-state index in [2.05, 4.69) is 0 Å². The lowest BCUT2D eigenvalue weighted by molar-refractivity contribution is -0.117. The first kappa shape index (κ1) is 10.4. The second-order valence-corrected chi connectivity index (χ2v) is 3.95. The highest BCUT2D eigenvalue weighted by atomic mass is 35.5. The van der Waals surface area contributed by atoms with Gasteiger partial charge in [-0.25, -0.2) is 4.39 Å². The number of rotatable bonds is 1. The molecule has 0 aromatic heterocycles. The monoisotopic (exact) mass is 228 g/mol. The molecule has 0 radical (unpaired) electrons. The molecule has 1 aliphatic heterocycles. The predicted octanol–water partition coefficient (Wildman–Crippen LogP) is 1.54. The number of hydrogen-bond donors (Lipinski definition) is 1. The molecule has 1 fully saturated rings. The average Bonchev–Trinajstić information content (AvgIpc) is 2.50. The van der Waals surface area contributed by atoms with Crippen molar-refractivity contribution < 1.29 is 9.18 Å². The van der Waals surface area contributed by atoms with Crippen LogP contribution in [0.2, 0.25) is 5.02 Å². The number of hydrogen-bond acceptors (Lipinski definition) is 2. The van der Waals surface area contributed by atoms with Crippen molar-refractivity contribution in [1.29, 1.82) is 0 Å². The minimum Gasteiger partial charge on any atom is -0.326 e. The van der Waals surface area contributed by atoms with Crippen molar-refractivity contribution in [2.45, 2.75) is 12.5 Å². The lowest BCUT2D eigenvalue weighted by Crippen LogP contribution is -2.28. The molecule has 15 heavy (non-hydrogen) atoms. The van der Waals surface area contributed by atoms with Crippen LogP contribution in [0.15, 0.2) is 18.2 Å². The van der Waals surface area contributed by atoms with Crippen LogP contribution in [0.4, 0.5) is 10.1 Å². The van der Waals surface area contributed by atoms with Gasteiger partial charge in [0.1, 0.15) is 0 Å². The molecular formula is C10H10ClFN2O. The number of amides is 1. The Balaban J connectivity index is 2.38. The number of anilines is 1. The van der Waals surface area contributed by atoms with Gasteiger partial charge in [0.05, 0.1) is 10.7 Å². The van der Waals surface area contributed by atoms with Crippen molar-refractivity contribution in [3.63, 3.8) is 0 Å². The van der Waals surface area contributed by atoms with E-state index in [4.69, 9.17) is 17.3 Å². The van der Waals surface area contributed by atoms with Crippen molar-refractivity contribution >= 4 is 23.2 Å². The van der Waals surface area contributed by atoms with E-state index < -0.39 is 5.82 Å². The molecule has 0 saturated carbocycles. The number of nitrogens with two attached hydrogens (primary N) is 1. The number of carbonyl (C=O) groups is 1. The summed E-state index contributed by atoms with van der Waals surface area (Å²) >= 11 is 5.63. The molecule has 0 aliphatic carbocycles. The topological polar surface area (TPSA) is 46.3 Å². The molecule has 5 heteroatoms. The molecule has 0 bridgehead atoms. The van der Waals surface area contributed by atoms with Gasteiger partial charge in [0.15, 0.2) is 5.82 Å². The molecule has 1 unspecified atom stereocenters. The molecule has 80 valence electrons. The van der Waals surface area contributed by atoms with E-state index >= 15 is 0 Å². The van der Waals surface area contributed by atoms with Gasteiger partial charge in [-0.1, -0.05) is 17.7 Å². The summed E-state index contributed by atoms with van der Waals surface area (Å²) in [6, 6.07) is 4.35. The van der Waals surface area contributed by atoms with Crippen LogP contribution in [0.1, 0.15) is 6.42 Å². The third-order valence-corrected chi connectivity index (χ3v) is 2.67. The molecular weight excluding hydrogens is 219 g/mol. The Labute approximate surface area is 91.6 Å². The summed E-state index contributed by atoms with van der Waals surface area (Å²) in [5.41, 5.74) is 5.83. The molecule has 1 atom stereocenters. The number of carbonyl (C=O) groups excluding carboxylic acids is 1. The predicted molar refractivity (Wildman–Crippen MR) is 56.4 cm³/mol. The molecule has 1 heterocycles. The van der Waals surface area contributed by atoms with Crippen LogP contribution in [0, 0.1) is 5.82 Å². The van der Waals surface area contributed by atoms with Crippen LogP contribution in [0.3, 0.4) is 0 Å². The van der Waals surface area contributed by atoms with Crippen LogP contribution in [0.5, 0.6) is 0 Å². The molecule has 3 nitrogen and oxygen atoms in total. The Morgan fingerprint density at radius 1 is 1.53 bits per heavy atom. The molecule has 1 saturated heterocycles. The van der Waals surface area contributed by atoms with Gasteiger partial charge in [-0.05, 0) is 12.1 Å². The molecule has 1 amide bonds. The zero-order valence-corrected chi connectivity index (χ0v) is 8.67. The zero-order chi connectivity index (χ0) is 11.0. The maximum atomic E-state index is 13.6. The summed E-state index contributed by atoms with van der Waals surface area (Å²) in [5.74, 6) is -0.731. The van der Waals surface area contributed by atoms with E-state index in [9.17, 15) is 9.18 Å². The van der Waals surface area contributed by atoms with Gasteiger partial charge in [-0.2, -0.15) is 0 Å². The van der Waals surface area contributed by atoms with Gasteiger partial charge in [0.2, 0.25) is 5.91 Å². The van der Waals surface area contributed by atoms with Gasteiger partial charge in [-0.15, -0.1) is 0 Å². The Kier molecular flexibility index (Phi) is 2.63. The molecule has 2 rings (SSSR count). The van der Waals surface area contributed by atoms with Crippen LogP contribution >= 0.6 is 11.6 Å². The van der Waals surface area contributed by atoms with E-state index in [1.165, 1.54) is 17.0 Å². The highest BCUT2D eigenvalue weighted by Gasteiger charge is 2.30. The second-order valence-electron chi connectivity index (χ2n) is 3.54. The van der Waals surface area contributed by atoms with Crippen LogP contribution < -0.4 is 10.6 Å². The lowest BCUT2D eigenvalue weighted by Gasteiger charge is -2.17. The first-order valence-corrected chi connectivity index (χ1v) is 4.97. The summed E-state index contributed by atoms with van der Waals surface area (Å²) in [6.45, 7) is 0.343. The first-order chi connectivity index (χ1) is 7.09. The maximum Gasteiger partial charge on any atom is 0.228 e. The fourth-order valence-electron chi connectivity index (χ4n) is 1.67. The highest BCUT2D eigenvalue weighted by molar-refractivity contribution is 6.31. The fourth-order valence-corrected chi connectivity index (χ4v) is 1.84. The van der Waals surface area contributed by atoms with E-state index in [1.54, 1.807) is 6.07 Å². The van der Waals surface area contributed by atoms with E-state index in [0.29, 0.717) is 6.54 Å². The summed E-state index contributed by atoms with van der Waals surface area (Å²) in [4.78, 5) is 12.8. The Morgan fingerprint density at radius 2 is 2.27 bits per heavy atom. The van der Waals surface area contributed by atoms with Crippen LogP contribution in [-0.4, -0.2) is 18.5 Å². The summed E-state index contributed by atoms with van der Waals surface area (Å²) in [5, 5.41) is 0.0146. The van der Waals surface area contributed by atoms with Gasteiger partial charge >= 0.3 is 0 Å². The van der Waals surface area contributed by atoms with Gasteiger partial charge in [-0.3, -0.25) is 4.79 Å². The number of nitrogens with zero attached hydrogens (tertiary/aromatic N) is 1. The SMILES string of the molecule is NC1CC(=O)N(c2cccc(Cl)c2F)C1. The molecule has 2 N–H and O–H groups in total. The van der Waals surface area contributed by atoms with Gasteiger partial charge < -0.3 is 10.6 Å². The third-order valence-electron chi connectivity index (χ3n) is 2.38. The Morgan fingerprint density at radius 3 is 2.87 bits per heavy atom. The first-order valence-electron chi connectivity index (χ1n) is 4.59. The third kappa shape index (κ3) is 1.82. The molecule has 1 aromatic rings. The quantitative estimate of drug-likeness (QED) is 0.793. The minimum absolute atomic E-state index is 0.0146. The second kappa shape index (κ2) is 3.79. The normalized spacial score (nSPS) is 21.1. The van der Waals surface area contributed by atoms with Crippen LogP contribution in [0.25, 0.3) is 0 Å². The molecule has 1 aromatic carbocycles. The zero-order valence-electron chi connectivity index (χ0n) is 7.91. The van der Waals surface area contributed by atoms with Crippen LogP contribution in [-0.2, 0) is 4.79 Å². The van der Waals surface area contributed by atoms with E-state index in [-0.39, 0.29) is 29.1 Å². The number of benzene rings is 1. The molecule has 0 spiro atoms. The summed E-state index contributed by atoms with van der Waals surface area (Å²) in [6.07, 6.45) is 0.256. The van der Waals surface area contributed by atoms with Crippen molar-refractivity contribution in [2.24, 2.45) is 5.73 Å². The smallest absolute Gasteiger partial charge is 0.228 e. The summed E-state index contributed by atoms with van der Waals surface area (Å²) in [7, 11) is 0. The lowest BCUT2D eigenvalue weighted by atomic mass is 10.3. The van der Waals surface area contributed by atoms with Crippen molar-refractivity contribution in [3.8, 4) is 0 Å². The highest BCUT2D eigenvalue weighted by Crippen LogP contribution is 2.28. The van der Waals surface area contributed by atoms with E-state index in [0.717, 1.165) is 0 Å². The van der Waals surface area contributed by atoms with Crippen molar-refractivity contribution in [1.82, 2.24) is 0 Å². The Bertz CT molecular complexity index is 410. The van der Waals surface area contributed by atoms with Gasteiger partial charge in [0, 0.05) is 19.0 Å². The van der Waals surface area contributed by atoms with Gasteiger partial charge in [0.25, 0.3) is 0 Å². The number of halogens is 2. The molecule has 1 aliphatic rings. The van der Waals surface area contributed by atoms with E-state index in [1.807, 2.05) is 0 Å². The van der Waals surface area contributed by atoms with Crippen molar-refractivity contribution in [2.75, 3.05) is 11.4 Å².